The number of nitrogens with zero attached hydrogens (tertiary/aromatic N) is 3. The molecule has 0 aliphatic carbocycles. The number of carbonyl (C=O) groups excluding carboxylic acids is 1. The zero-order chi connectivity index (χ0) is 19.2. The summed E-state index contributed by atoms with van der Waals surface area (Å²) in [6.07, 6.45) is -0.697. The van der Waals surface area contributed by atoms with Gasteiger partial charge in [-0.25, -0.2) is 5.48 Å². The average molecular weight is 380 g/mol. The van der Waals surface area contributed by atoms with Crippen molar-refractivity contribution in [1.82, 2.24) is 10.4 Å². The van der Waals surface area contributed by atoms with E-state index in [2.05, 4.69) is 9.89 Å². The Bertz CT molecular complexity index is 821. The summed E-state index contributed by atoms with van der Waals surface area (Å²) in [6, 6.07) is 5.87. The summed E-state index contributed by atoms with van der Waals surface area (Å²) in [7, 11) is 0. The van der Waals surface area contributed by atoms with Crippen molar-refractivity contribution in [3.8, 4) is 0 Å². The number of hydroxylamine groups is 1. The molecule has 2 saturated heterocycles. The van der Waals surface area contributed by atoms with Gasteiger partial charge in [-0.3, -0.25) is 15.0 Å². The number of fused-ring (bicyclic) bond motifs is 2. The lowest BCUT2D eigenvalue weighted by Gasteiger charge is -2.38. The van der Waals surface area contributed by atoms with Crippen molar-refractivity contribution in [1.29, 1.82) is 0 Å². The molecule has 2 atom stereocenters. The summed E-state index contributed by atoms with van der Waals surface area (Å²) in [5.74, 6) is -0.594. The Morgan fingerprint density at radius 2 is 1.93 bits per heavy atom. The molecule has 144 valence electrons. The molecule has 0 aromatic heterocycles. The maximum Gasteiger partial charge on any atom is 0.416 e. The van der Waals surface area contributed by atoms with Crippen molar-refractivity contribution >= 4 is 17.3 Å². The molecule has 0 radical (unpaired) electrons. The number of anilines is 1. The molecule has 3 aliphatic heterocycles. The SMILES string of the molecule is O=C(NO)C1=NC=C(N2C[C@@H]3C[C@H]2CN3c2cccc(C(F)(F)F)c2)CC1. The van der Waals surface area contributed by atoms with E-state index in [0.29, 0.717) is 25.1 Å². The molecule has 3 heterocycles. The highest BCUT2D eigenvalue weighted by atomic mass is 19.4. The smallest absolute Gasteiger partial charge is 0.367 e. The Morgan fingerprint density at radius 3 is 2.52 bits per heavy atom. The lowest BCUT2D eigenvalue weighted by molar-refractivity contribution is -0.137. The van der Waals surface area contributed by atoms with Crippen LogP contribution in [0.1, 0.15) is 24.8 Å². The Labute approximate surface area is 153 Å². The number of amides is 1. The van der Waals surface area contributed by atoms with E-state index in [9.17, 15) is 18.0 Å². The molecular formula is C18H19F3N4O2. The fraction of sp³-hybridized carbons (Fsp3) is 0.444. The molecule has 2 bridgehead atoms. The van der Waals surface area contributed by atoms with Gasteiger partial charge in [0.15, 0.2) is 0 Å². The van der Waals surface area contributed by atoms with Gasteiger partial charge in [-0.15, -0.1) is 0 Å². The Balaban J connectivity index is 1.47. The predicted molar refractivity (Wildman–Crippen MR) is 92.4 cm³/mol. The third-order valence-corrected chi connectivity index (χ3v) is 5.47. The van der Waals surface area contributed by atoms with E-state index in [-0.39, 0.29) is 17.8 Å². The first kappa shape index (κ1) is 17.8. The van der Waals surface area contributed by atoms with Crippen LogP contribution in [0.5, 0.6) is 0 Å². The Kier molecular flexibility index (Phi) is 4.33. The van der Waals surface area contributed by atoms with Gasteiger partial charge in [0.05, 0.1) is 5.56 Å². The fourth-order valence-corrected chi connectivity index (χ4v) is 4.18. The minimum atomic E-state index is -4.34. The van der Waals surface area contributed by atoms with Crippen molar-refractivity contribution in [2.24, 2.45) is 4.99 Å². The molecule has 1 amide bonds. The summed E-state index contributed by atoms with van der Waals surface area (Å²) in [4.78, 5) is 19.8. The molecule has 2 fully saturated rings. The van der Waals surface area contributed by atoms with Crippen LogP contribution in [0, 0.1) is 0 Å². The van der Waals surface area contributed by atoms with Crippen LogP contribution in [-0.4, -0.2) is 46.9 Å². The molecule has 4 rings (SSSR count). The van der Waals surface area contributed by atoms with Gasteiger partial charge in [0.2, 0.25) is 0 Å². The molecule has 1 aromatic rings. The molecule has 1 aromatic carbocycles. The van der Waals surface area contributed by atoms with Crippen molar-refractivity contribution in [2.75, 3.05) is 18.0 Å². The zero-order valence-electron chi connectivity index (χ0n) is 14.4. The Morgan fingerprint density at radius 1 is 1.19 bits per heavy atom. The van der Waals surface area contributed by atoms with Gasteiger partial charge < -0.3 is 9.80 Å². The second-order valence-electron chi connectivity index (χ2n) is 7.03. The fourth-order valence-electron chi connectivity index (χ4n) is 4.18. The van der Waals surface area contributed by atoms with Gasteiger partial charge in [0.25, 0.3) is 5.91 Å². The van der Waals surface area contributed by atoms with E-state index in [0.717, 1.165) is 24.7 Å². The second-order valence-corrected chi connectivity index (χ2v) is 7.03. The normalized spacial score (nSPS) is 24.7. The first-order valence-electron chi connectivity index (χ1n) is 8.77. The first-order chi connectivity index (χ1) is 12.9. The largest absolute Gasteiger partial charge is 0.416 e. The van der Waals surface area contributed by atoms with Crippen LogP contribution >= 0.6 is 0 Å². The monoisotopic (exact) mass is 380 g/mol. The van der Waals surface area contributed by atoms with E-state index in [1.165, 1.54) is 12.1 Å². The topological polar surface area (TPSA) is 68.2 Å². The summed E-state index contributed by atoms with van der Waals surface area (Å²) in [5, 5.41) is 8.67. The van der Waals surface area contributed by atoms with Gasteiger partial charge in [-0.1, -0.05) is 6.07 Å². The van der Waals surface area contributed by atoms with Crippen LogP contribution in [0.4, 0.5) is 18.9 Å². The summed E-state index contributed by atoms with van der Waals surface area (Å²) < 4.78 is 38.9. The lowest BCUT2D eigenvalue weighted by atomic mass is 10.1. The number of piperazine rings is 1. The quantitative estimate of drug-likeness (QED) is 0.625. The van der Waals surface area contributed by atoms with Crippen molar-refractivity contribution in [3.63, 3.8) is 0 Å². The molecule has 0 saturated carbocycles. The summed E-state index contributed by atoms with van der Waals surface area (Å²) >= 11 is 0. The van der Waals surface area contributed by atoms with E-state index in [1.54, 1.807) is 17.7 Å². The maximum atomic E-state index is 13.0. The zero-order valence-corrected chi connectivity index (χ0v) is 14.4. The molecule has 0 unspecified atom stereocenters. The number of alkyl halides is 3. The van der Waals surface area contributed by atoms with Crippen LogP contribution in [0.3, 0.4) is 0 Å². The van der Waals surface area contributed by atoms with Crippen LogP contribution in [0.25, 0.3) is 0 Å². The van der Waals surface area contributed by atoms with Crippen molar-refractivity contribution in [2.45, 2.75) is 37.5 Å². The number of nitrogens with one attached hydrogen (secondary N) is 1. The molecule has 3 aliphatic rings. The number of rotatable bonds is 3. The van der Waals surface area contributed by atoms with Gasteiger partial charge in [0, 0.05) is 49.2 Å². The molecule has 0 spiro atoms. The van der Waals surface area contributed by atoms with Gasteiger partial charge in [-0.05, 0) is 31.0 Å². The highest BCUT2D eigenvalue weighted by Crippen LogP contribution is 2.39. The van der Waals surface area contributed by atoms with E-state index in [4.69, 9.17) is 5.21 Å². The number of halogens is 3. The van der Waals surface area contributed by atoms with Crippen LogP contribution < -0.4 is 10.4 Å². The number of allylic oxidation sites excluding steroid dienone is 1. The average Bonchev–Trinajstić information content (AvgIpc) is 3.28. The number of hydrogen-bond acceptors (Lipinski definition) is 5. The number of likely N-dealkylation sites (tertiary alicyclic amines) is 1. The van der Waals surface area contributed by atoms with Gasteiger partial charge >= 0.3 is 6.18 Å². The summed E-state index contributed by atoms with van der Waals surface area (Å²) in [6.45, 7) is 1.39. The highest BCUT2D eigenvalue weighted by molar-refractivity contribution is 6.38. The standard InChI is InChI=1S/C18H19F3N4O2/c19-18(20,21)11-2-1-3-12(6-11)24-9-15-7-14(24)10-25(15)13-4-5-16(22-8-13)17(26)23-27/h1-3,6,8,14-15,27H,4-5,7,9-10H2,(H,23,26)/t14-,15-/m0/s1. The van der Waals surface area contributed by atoms with Crippen molar-refractivity contribution < 1.29 is 23.2 Å². The predicted octanol–water partition coefficient (Wildman–Crippen LogP) is 2.55. The summed E-state index contributed by atoms with van der Waals surface area (Å²) in [5.41, 5.74) is 2.88. The minimum absolute atomic E-state index is 0.158. The number of benzene rings is 1. The molecule has 2 N–H and O–H groups in total. The highest BCUT2D eigenvalue weighted by Gasteiger charge is 2.44. The number of aliphatic imine (C=N–C) groups is 1. The Hall–Kier alpha value is -2.55. The number of carbonyl (C=O) groups is 1. The first-order valence-corrected chi connectivity index (χ1v) is 8.77. The number of hydrogen-bond donors (Lipinski definition) is 2. The van der Waals surface area contributed by atoms with E-state index in [1.807, 2.05) is 4.90 Å². The van der Waals surface area contributed by atoms with Crippen molar-refractivity contribution in [3.05, 3.63) is 41.7 Å². The lowest BCUT2D eigenvalue weighted by Crippen LogP contribution is -2.46. The van der Waals surface area contributed by atoms with Crippen LogP contribution in [-0.2, 0) is 11.0 Å². The molecule has 9 heteroatoms. The molecular weight excluding hydrogens is 361 g/mol. The second kappa shape index (κ2) is 6.56. The van der Waals surface area contributed by atoms with Crippen LogP contribution in [0.2, 0.25) is 0 Å². The van der Waals surface area contributed by atoms with Gasteiger partial charge in [-0.2, -0.15) is 13.2 Å². The molecule has 27 heavy (non-hydrogen) atoms. The van der Waals surface area contributed by atoms with E-state index >= 15 is 0 Å². The van der Waals surface area contributed by atoms with Gasteiger partial charge in [0.1, 0.15) is 5.71 Å². The minimum Gasteiger partial charge on any atom is -0.367 e. The van der Waals surface area contributed by atoms with Crippen LogP contribution in [0.15, 0.2) is 41.2 Å². The third-order valence-electron chi connectivity index (χ3n) is 5.47. The van der Waals surface area contributed by atoms with E-state index < -0.39 is 17.6 Å². The maximum absolute atomic E-state index is 13.0. The third kappa shape index (κ3) is 3.27. The molecule has 6 nitrogen and oxygen atoms in total.